The van der Waals surface area contributed by atoms with Gasteiger partial charge in [-0.1, -0.05) is 0 Å². The van der Waals surface area contributed by atoms with Gasteiger partial charge < -0.3 is 10.1 Å². The normalized spacial score (nSPS) is 20.3. The molecule has 0 aromatic carbocycles. The Morgan fingerprint density at radius 2 is 2.21 bits per heavy atom. The third-order valence-corrected chi connectivity index (χ3v) is 3.13. The Morgan fingerprint density at radius 3 is 2.84 bits per heavy atom. The minimum atomic E-state index is -4.69. The third kappa shape index (κ3) is 4.70. The second-order valence-corrected chi connectivity index (χ2v) is 4.92. The van der Waals surface area contributed by atoms with Crippen LogP contribution in [0.15, 0.2) is 12.1 Å². The van der Waals surface area contributed by atoms with Crippen molar-refractivity contribution in [1.29, 1.82) is 0 Å². The molecule has 1 aromatic rings. The van der Waals surface area contributed by atoms with Crippen LogP contribution in [0.3, 0.4) is 0 Å². The Balaban J connectivity index is 2.07. The van der Waals surface area contributed by atoms with E-state index in [1.807, 2.05) is 6.07 Å². The van der Waals surface area contributed by atoms with Crippen LogP contribution in [-0.2, 0) is 6.42 Å². The lowest BCUT2D eigenvalue weighted by atomic mass is 9.92. The summed E-state index contributed by atoms with van der Waals surface area (Å²) >= 11 is 0. The molecular formula is C13H17F3N2O. The van der Waals surface area contributed by atoms with Crippen LogP contribution in [0.1, 0.15) is 24.1 Å². The van der Waals surface area contributed by atoms with Crippen LogP contribution >= 0.6 is 0 Å². The molecule has 0 saturated carbocycles. The summed E-state index contributed by atoms with van der Waals surface area (Å²) in [5.41, 5.74) is 1.39. The number of halogens is 3. The molecule has 1 aromatic heterocycles. The van der Waals surface area contributed by atoms with Crippen LogP contribution in [0.4, 0.5) is 13.2 Å². The van der Waals surface area contributed by atoms with E-state index in [0.29, 0.717) is 11.6 Å². The van der Waals surface area contributed by atoms with Crippen LogP contribution in [0.5, 0.6) is 5.88 Å². The van der Waals surface area contributed by atoms with Gasteiger partial charge in [0, 0.05) is 11.8 Å². The molecule has 1 aliphatic rings. The molecule has 2 heterocycles. The van der Waals surface area contributed by atoms with Crippen LogP contribution in [0.25, 0.3) is 0 Å². The molecule has 1 atom stereocenters. The number of ether oxygens (including phenoxy) is 1. The van der Waals surface area contributed by atoms with Crippen molar-refractivity contribution in [1.82, 2.24) is 10.3 Å². The van der Waals surface area contributed by atoms with E-state index >= 15 is 0 Å². The van der Waals surface area contributed by atoms with Gasteiger partial charge in [0.1, 0.15) is 0 Å². The molecule has 2 rings (SSSR count). The highest BCUT2D eigenvalue weighted by molar-refractivity contribution is 5.25. The maximum atomic E-state index is 12.2. The van der Waals surface area contributed by atoms with Crippen LogP contribution in [-0.4, -0.2) is 24.4 Å². The zero-order chi connectivity index (χ0) is 13.9. The van der Waals surface area contributed by atoms with Crippen molar-refractivity contribution >= 4 is 0 Å². The zero-order valence-corrected chi connectivity index (χ0v) is 10.8. The summed E-state index contributed by atoms with van der Waals surface area (Å²) in [6.07, 6.45) is -1.72. The standard InChI is InChI=1S/C13H17F3N2O/c1-9-5-11(6-10-3-2-4-17-8-10)7-12(18-9)19-13(14,15)16/h5,7,10,17H,2-4,6,8H2,1H3/t10-/m1/s1. The van der Waals surface area contributed by atoms with Crippen molar-refractivity contribution in [3.63, 3.8) is 0 Å². The summed E-state index contributed by atoms with van der Waals surface area (Å²) in [6, 6.07) is 3.20. The van der Waals surface area contributed by atoms with Crippen LogP contribution in [0.2, 0.25) is 0 Å². The fourth-order valence-electron chi connectivity index (χ4n) is 2.43. The molecule has 0 spiro atoms. The van der Waals surface area contributed by atoms with E-state index in [0.717, 1.165) is 37.9 Å². The first-order chi connectivity index (χ1) is 8.92. The zero-order valence-electron chi connectivity index (χ0n) is 10.8. The topological polar surface area (TPSA) is 34.1 Å². The number of nitrogens with zero attached hydrogens (tertiary/aromatic N) is 1. The number of rotatable bonds is 3. The molecule has 0 amide bonds. The number of aromatic nitrogens is 1. The van der Waals surface area contributed by atoms with Crippen molar-refractivity contribution in [2.75, 3.05) is 13.1 Å². The average Bonchev–Trinajstić information content (AvgIpc) is 2.26. The second-order valence-electron chi connectivity index (χ2n) is 4.92. The SMILES string of the molecule is Cc1cc(C[C@H]2CCCNC2)cc(OC(F)(F)F)n1. The van der Waals surface area contributed by atoms with Gasteiger partial charge in [-0.15, -0.1) is 13.2 Å². The number of pyridine rings is 1. The molecule has 0 radical (unpaired) electrons. The predicted molar refractivity (Wildman–Crippen MR) is 65.0 cm³/mol. The first kappa shape index (κ1) is 14.1. The summed E-state index contributed by atoms with van der Waals surface area (Å²) in [7, 11) is 0. The Kier molecular flexibility index (Phi) is 4.29. The largest absolute Gasteiger partial charge is 0.574 e. The Morgan fingerprint density at radius 1 is 1.42 bits per heavy atom. The van der Waals surface area contributed by atoms with Crippen LogP contribution in [0, 0.1) is 12.8 Å². The van der Waals surface area contributed by atoms with Gasteiger partial charge in [0.15, 0.2) is 0 Å². The maximum absolute atomic E-state index is 12.2. The van der Waals surface area contributed by atoms with Gasteiger partial charge in [0.05, 0.1) is 0 Å². The van der Waals surface area contributed by atoms with E-state index in [9.17, 15) is 13.2 Å². The van der Waals surface area contributed by atoms with Crippen molar-refractivity contribution in [2.24, 2.45) is 5.92 Å². The van der Waals surface area contributed by atoms with E-state index < -0.39 is 6.36 Å². The molecule has 0 unspecified atom stereocenters. The fraction of sp³-hybridized carbons (Fsp3) is 0.615. The fourth-order valence-corrected chi connectivity index (χ4v) is 2.43. The predicted octanol–water partition coefficient (Wildman–Crippen LogP) is 2.83. The average molecular weight is 274 g/mol. The summed E-state index contributed by atoms with van der Waals surface area (Å²) in [6.45, 7) is 3.61. The van der Waals surface area contributed by atoms with Gasteiger partial charge in [-0.25, -0.2) is 4.98 Å². The minimum absolute atomic E-state index is 0.369. The van der Waals surface area contributed by atoms with Gasteiger partial charge in [-0.2, -0.15) is 0 Å². The molecule has 1 N–H and O–H groups in total. The first-order valence-corrected chi connectivity index (χ1v) is 6.36. The monoisotopic (exact) mass is 274 g/mol. The lowest BCUT2D eigenvalue weighted by Crippen LogP contribution is -2.30. The number of aryl methyl sites for hydroxylation is 1. The van der Waals surface area contributed by atoms with E-state index in [1.165, 1.54) is 6.07 Å². The Labute approximate surface area is 110 Å². The van der Waals surface area contributed by atoms with E-state index in [-0.39, 0.29) is 5.88 Å². The molecule has 1 aliphatic heterocycles. The first-order valence-electron chi connectivity index (χ1n) is 6.36. The Hall–Kier alpha value is -1.30. The second kappa shape index (κ2) is 5.77. The summed E-state index contributed by atoms with van der Waals surface area (Å²) in [5.74, 6) is 0.0977. The summed E-state index contributed by atoms with van der Waals surface area (Å²) in [4.78, 5) is 3.75. The van der Waals surface area contributed by atoms with Gasteiger partial charge in [-0.05, 0) is 56.8 Å². The summed E-state index contributed by atoms with van der Waals surface area (Å²) < 4.78 is 40.5. The van der Waals surface area contributed by atoms with Gasteiger partial charge in [0.2, 0.25) is 5.88 Å². The highest BCUT2D eigenvalue weighted by atomic mass is 19.4. The number of alkyl halides is 3. The number of hydrogen-bond donors (Lipinski definition) is 1. The highest BCUT2D eigenvalue weighted by Gasteiger charge is 2.32. The van der Waals surface area contributed by atoms with Crippen molar-refractivity contribution < 1.29 is 17.9 Å². The van der Waals surface area contributed by atoms with Crippen molar-refractivity contribution in [2.45, 2.75) is 32.5 Å². The van der Waals surface area contributed by atoms with Crippen molar-refractivity contribution in [3.05, 3.63) is 23.4 Å². The van der Waals surface area contributed by atoms with Gasteiger partial charge in [-0.3, -0.25) is 0 Å². The number of hydrogen-bond acceptors (Lipinski definition) is 3. The van der Waals surface area contributed by atoms with E-state index in [4.69, 9.17) is 0 Å². The highest BCUT2D eigenvalue weighted by Crippen LogP contribution is 2.24. The molecule has 3 nitrogen and oxygen atoms in total. The molecule has 106 valence electrons. The number of nitrogens with one attached hydrogen (secondary N) is 1. The lowest BCUT2D eigenvalue weighted by Gasteiger charge is -2.23. The molecule has 0 bridgehead atoms. The quantitative estimate of drug-likeness (QED) is 0.920. The maximum Gasteiger partial charge on any atom is 0.574 e. The molecule has 19 heavy (non-hydrogen) atoms. The molecule has 1 saturated heterocycles. The molecule has 1 fully saturated rings. The molecule has 0 aliphatic carbocycles. The molecule has 6 heteroatoms. The van der Waals surface area contributed by atoms with Gasteiger partial charge in [0.25, 0.3) is 0 Å². The molecular weight excluding hydrogens is 257 g/mol. The minimum Gasteiger partial charge on any atom is -0.388 e. The lowest BCUT2D eigenvalue weighted by molar-refractivity contribution is -0.276. The number of piperidine rings is 1. The smallest absolute Gasteiger partial charge is 0.388 e. The van der Waals surface area contributed by atoms with E-state index in [2.05, 4.69) is 15.0 Å². The van der Waals surface area contributed by atoms with E-state index in [1.54, 1.807) is 6.92 Å². The van der Waals surface area contributed by atoms with Crippen molar-refractivity contribution in [3.8, 4) is 5.88 Å². The Bertz CT molecular complexity index is 428. The van der Waals surface area contributed by atoms with Gasteiger partial charge >= 0.3 is 6.36 Å². The summed E-state index contributed by atoms with van der Waals surface area (Å²) in [5, 5.41) is 3.30. The van der Waals surface area contributed by atoms with Crippen LogP contribution < -0.4 is 10.1 Å². The third-order valence-electron chi connectivity index (χ3n) is 3.13.